The fraction of sp³-hybridized carbons (Fsp3) is 0.750. The Morgan fingerprint density at radius 2 is 2.20 bits per heavy atom. The van der Waals surface area contributed by atoms with E-state index in [1.807, 2.05) is 17.1 Å². The molecule has 0 heterocycles. The number of hydrogen-bond donors (Lipinski definition) is 1. The minimum absolute atomic E-state index is 0.00829. The van der Waals surface area contributed by atoms with Crippen molar-refractivity contribution in [2.45, 2.75) is 45.7 Å². The molecule has 0 aromatic heterocycles. The number of amides is 1. The van der Waals surface area contributed by atoms with Gasteiger partial charge < -0.3 is 10.6 Å². The summed E-state index contributed by atoms with van der Waals surface area (Å²) in [4.78, 5) is 14.1. The SMILES string of the molecule is CCCN(C(=O)C1C=CC(N)C1)C(C)C. The smallest absolute Gasteiger partial charge is 0.229 e. The van der Waals surface area contributed by atoms with Gasteiger partial charge in [0.2, 0.25) is 5.91 Å². The largest absolute Gasteiger partial charge is 0.340 e. The second-order valence-corrected chi connectivity index (χ2v) is 4.52. The summed E-state index contributed by atoms with van der Waals surface area (Å²) >= 11 is 0. The Kier molecular flexibility index (Phi) is 4.33. The third-order valence-corrected chi connectivity index (χ3v) is 2.80. The average Bonchev–Trinajstić information content (AvgIpc) is 2.59. The van der Waals surface area contributed by atoms with Crippen LogP contribution in [0.3, 0.4) is 0 Å². The molecule has 1 aliphatic rings. The van der Waals surface area contributed by atoms with E-state index in [-0.39, 0.29) is 23.9 Å². The van der Waals surface area contributed by atoms with Crippen LogP contribution in [0.2, 0.25) is 0 Å². The maximum atomic E-state index is 12.1. The quantitative estimate of drug-likeness (QED) is 0.715. The van der Waals surface area contributed by atoms with Gasteiger partial charge in [-0.3, -0.25) is 4.79 Å². The summed E-state index contributed by atoms with van der Waals surface area (Å²) in [5, 5.41) is 0. The molecule has 0 spiro atoms. The highest BCUT2D eigenvalue weighted by Gasteiger charge is 2.27. The maximum Gasteiger partial charge on any atom is 0.229 e. The monoisotopic (exact) mass is 210 g/mol. The molecule has 0 saturated heterocycles. The van der Waals surface area contributed by atoms with E-state index >= 15 is 0 Å². The zero-order valence-corrected chi connectivity index (χ0v) is 9.94. The molecule has 86 valence electrons. The lowest BCUT2D eigenvalue weighted by molar-refractivity contribution is -0.135. The van der Waals surface area contributed by atoms with E-state index in [9.17, 15) is 4.79 Å². The Bertz CT molecular complexity index is 248. The minimum atomic E-state index is 0.00829. The van der Waals surface area contributed by atoms with E-state index in [1.165, 1.54) is 0 Å². The van der Waals surface area contributed by atoms with E-state index < -0.39 is 0 Å². The molecule has 0 bridgehead atoms. The highest BCUT2D eigenvalue weighted by Crippen LogP contribution is 2.20. The van der Waals surface area contributed by atoms with Gasteiger partial charge in [0.1, 0.15) is 0 Å². The van der Waals surface area contributed by atoms with Gasteiger partial charge >= 0.3 is 0 Å². The Morgan fingerprint density at radius 1 is 1.53 bits per heavy atom. The Labute approximate surface area is 92.3 Å². The van der Waals surface area contributed by atoms with Crippen molar-refractivity contribution in [2.75, 3.05) is 6.54 Å². The maximum absolute atomic E-state index is 12.1. The number of nitrogens with zero attached hydrogens (tertiary/aromatic N) is 1. The van der Waals surface area contributed by atoms with Gasteiger partial charge in [-0.15, -0.1) is 0 Å². The number of rotatable bonds is 4. The molecular weight excluding hydrogens is 188 g/mol. The summed E-state index contributed by atoms with van der Waals surface area (Å²) in [6, 6.07) is 0.345. The van der Waals surface area contributed by atoms with Crippen LogP contribution < -0.4 is 5.73 Å². The summed E-state index contributed by atoms with van der Waals surface area (Å²) in [6.45, 7) is 7.06. The van der Waals surface area contributed by atoms with Crippen LogP contribution in [0.4, 0.5) is 0 Å². The van der Waals surface area contributed by atoms with E-state index in [0.29, 0.717) is 0 Å². The molecule has 0 fully saturated rings. The molecule has 2 atom stereocenters. The van der Waals surface area contributed by atoms with Gasteiger partial charge in [0.15, 0.2) is 0 Å². The molecule has 0 aromatic carbocycles. The summed E-state index contributed by atoms with van der Waals surface area (Å²) in [7, 11) is 0. The highest BCUT2D eigenvalue weighted by atomic mass is 16.2. The highest BCUT2D eigenvalue weighted by molar-refractivity contribution is 5.81. The van der Waals surface area contributed by atoms with Crippen LogP contribution in [0.25, 0.3) is 0 Å². The van der Waals surface area contributed by atoms with Crippen LogP contribution in [0.5, 0.6) is 0 Å². The number of carbonyl (C=O) groups excluding carboxylic acids is 1. The topological polar surface area (TPSA) is 46.3 Å². The van der Waals surface area contributed by atoms with Crippen molar-refractivity contribution in [1.82, 2.24) is 4.90 Å². The van der Waals surface area contributed by atoms with Crippen LogP contribution in [0.1, 0.15) is 33.6 Å². The van der Waals surface area contributed by atoms with E-state index in [4.69, 9.17) is 5.73 Å². The minimum Gasteiger partial charge on any atom is -0.340 e. The molecule has 15 heavy (non-hydrogen) atoms. The lowest BCUT2D eigenvalue weighted by Crippen LogP contribution is -2.41. The second-order valence-electron chi connectivity index (χ2n) is 4.52. The lowest BCUT2D eigenvalue weighted by Gasteiger charge is -2.28. The van der Waals surface area contributed by atoms with E-state index in [1.54, 1.807) is 0 Å². The van der Waals surface area contributed by atoms with E-state index in [0.717, 1.165) is 19.4 Å². The third kappa shape index (κ3) is 3.06. The molecule has 2 unspecified atom stereocenters. The summed E-state index contributed by atoms with van der Waals surface area (Å²) < 4.78 is 0. The third-order valence-electron chi connectivity index (χ3n) is 2.80. The molecule has 2 N–H and O–H groups in total. The molecule has 1 aliphatic carbocycles. The molecule has 1 rings (SSSR count). The predicted octanol–water partition coefficient (Wildman–Crippen LogP) is 1.54. The summed E-state index contributed by atoms with van der Waals surface area (Å²) in [5.41, 5.74) is 5.76. The van der Waals surface area contributed by atoms with Crippen molar-refractivity contribution in [3.63, 3.8) is 0 Å². The zero-order valence-electron chi connectivity index (χ0n) is 9.94. The second kappa shape index (κ2) is 5.31. The fourth-order valence-electron chi connectivity index (χ4n) is 1.99. The Balaban J connectivity index is 2.60. The van der Waals surface area contributed by atoms with Crippen LogP contribution in [-0.4, -0.2) is 29.4 Å². The number of hydrogen-bond acceptors (Lipinski definition) is 2. The van der Waals surface area contributed by atoms with Crippen molar-refractivity contribution >= 4 is 5.91 Å². The normalized spacial score (nSPS) is 24.9. The Hall–Kier alpha value is -0.830. The van der Waals surface area contributed by atoms with Crippen LogP contribution >= 0.6 is 0 Å². The van der Waals surface area contributed by atoms with Crippen molar-refractivity contribution in [2.24, 2.45) is 11.7 Å². The van der Waals surface area contributed by atoms with Crippen LogP contribution in [-0.2, 0) is 4.79 Å². The van der Waals surface area contributed by atoms with Gasteiger partial charge in [-0.2, -0.15) is 0 Å². The zero-order chi connectivity index (χ0) is 11.4. The number of carbonyl (C=O) groups is 1. The van der Waals surface area contributed by atoms with E-state index in [2.05, 4.69) is 20.8 Å². The Morgan fingerprint density at radius 3 is 2.60 bits per heavy atom. The molecule has 0 radical (unpaired) electrons. The number of nitrogens with two attached hydrogens (primary N) is 1. The van der Waals surface area contributed by atoms with Crippen molar-refractivity contribution in [1.29, 1.82) is 0 Å². The lowest BCUT2D eigenvalue weighted by atomic mass is 10.1. The first-order valence-corrected chi connectivity index (χ1v) is 5.80. The molecule has 1 amide bonds. The van der Waals surface area contributed by atoms with Gasteiger partial charge in [-0.05, 0) is 26.7 Å². The van der Waals surface area contributed by atoms with Gasteiger partial charge in [-0.25, -0.2) is 0 Å². The standard InChI is InChI=1S/C12H22N2O/c1-4-7-14(9(2)3)12(15)10-5-6-11(13)8-10/h5-6,9-11H,4,7-8,13H2,1-3H3. The predicted molar refractivity (Wildman–Crippen MR) is 62.4 cm³/mol. The molecular formula is C12H22N2O. The van der Waals surface area contributed by atoms with Crippen molar-refractivity contribution in [3.8, 4) is 0 Å². The molecule has 0 aromatic rings. The molecule has 0 saturated carbocycles. The first kappa shape index (κ1) is 12.2. The van der Waals surface area contributed by atoms with Gasteiger partial charge in [0, 0.05) is 18.6 Å². The fourth-order valence-corrected chi connectivity index (χ4v) is 1.99. The summed E-state index contributed by atoms with van der Waals surface area (Å²) in [6.07, 6.45) is 5.67. The summed E-state index contributed by atoms with van der Waals surface area (Å²) in [5.74, 6) is 0.241. The van der Waals surface area contributed by atoms with Crippen LogP contribution in [0, 0.1) is 5.92 Å². The van der Waals surface area contributed by atoms with Crippen LogP contribution in [0.15, 0.2) is 12.2 Å². The molecule has 3 nitrogen and oxygen atoms in total. The van der Waals surface area contributed by atoms with Crippen molar-refractivity contribution in [3.05, 3.63) is 12.2 Å². The van der Waals surface area contributed by atoms with Gasteiger partial charge in [-0.1, -0.05) is 19.1 Å². The average molecular weight is 210 g/mol. The van der Waals surface area contributed by atoms with Crippen molar-refractivity contribution < 1.29 is 4.79 Å². The van der Waals surface area contributed by atoms with Gasteiger partial charge in [0.25, 0.3) is 0 Å². The first-order chi connectivity index (χ1) is 7.06. The molecule has 3 heteroatoms. The van der Waals surface area contributed by atoms with Gasteiger partial charge in [0.05, 0.1) is 5.92 Å². The first-order valence-electron chi connectivity index (χ1n) is 5.80. The molecule has 0 aliphatic heterocycles.